The molecule has 0 atom stereocenters. The molecule has 0 N–H and O–H groups in total. The molecule has 0 spiro atoms. The zero-order valence-electron chi connectivity index (χ0n) is 13.8. The summed E-state index contributed by atoms with van der Waals surface area (Å²) >= 11 is 0. The molecular weight excluding hydrogens is 296 g/mol. The fourth-order valence-electron chi connectivity index (χ4n) is 1.74. The van der Waals surface area contributed by atoms with E-state index in [0.29, 0.717) is 18.8 Å². The fraction of sp³-hybridized carbons (Fsp3) is 0.471. The van der Waals surface area contributed by atoms with Gasteiger partial charge in [0.05, 0.1) is 12.2 Å². The second-order valence-corrected chi connectivity index (χ2v) is 10.1. The summed E-state index contributed by atoms with van der Waals surface area (Å²) in [5, 5.41) is 1.23. The average molecular weight is 322 g/mol. The molecule has 5 heteroatoms. The highest BCUT2D eigenvalue weighted by Gasteiger charge is 2.19. The van der Waals surface area contributed by atoms with Crippen molar-refractivity contribution in [3.05, 3.63) is 42.1 Å². The first-order valence-electron chi connectivity index (χ1n) is 7.67. The number of unbranched alkanes of at least 4 members (excludes halogenated alkanes) is 1. The number of hydrogen-bond acceptors (Lipinski definition) is 4. The number of carbonyl (C=O) groups excluding carboxylic acids is 1. The average Bonchev–Trinajstić information content (AvgIpc) is 2.54. The molecule has 0 aliphatic carbocycles. The van der Waals surface area contributed by atoms with Crippen molar-refractivity contribution in [1.29, 1.82) is 0 Å². The van der Waals surface area contributed by atoms with E-state index in [1.165, 1.54) is 5.19 Å². The summed E-state index contributed by atoms with van der Waals surface area (Å²) in [4.78, 5) is 21.4. The largest absolute Gasteiger partial charge is 0.379 e. The summed E-state index contributed by atoms with van der Waals surface area (Å²) < 4.78 is 5.31. The van der Waals surface area contributed by atoms with Crippen LogP contribution in [-0.4, -0.2) is 33.9 Å². The van der Waals surface area contributed by atoms with Crippen LogP contribution in [0, 0.1) is 0 Å². The van der Waals surface area contributed by atoms with Crippen LogP contribution in [0.1, 0.15) is 30.1 Å². The first kappa shape index (κ1) is 18.6. The minimum absolute atomic E-state index is 0.240. The summed E-state index contributed by atoms with van der Waals surface area (Å²) in [5.74, 6) is -0.488. The van der Waals surface area contributed by atoms with Gasteiger partial charge in [0.25, 0.3) is 0 Å². The topological polar surface area (TPSA) is 44.8 Å². The molecule has 0 saturated heterocycles. The standard InChI is InChI=1S/C17H26O4Si/c1-5-7-12-19-13-14-20-21-17(18)15-8-10-16(11-9-15)22(3,4)6-2/h6,8-11H,2,5,7,12-14H2,1,3-4H3. The summed E-state index contributed by atoms with van der Waals surface area (Å²) in [6, 6.07) is 7.44. The van der Waals surface area contributed by atoms with Crippen molar-refractivity contribution in [2.75, 3.05) is 19.8 Å². The zero-order valence-corrected chi connectivity index (χ0v) is 14.8. The number of carbonyl (C=O) groups is 1. The van der Waals surface area contributed by atoms with Crippen LogP contribution in [0.4, 0.5) is 0 Å². The lowest BCUT2D eigenvalue weighted by atomic mass is 10.2. The van der Waals surface area contributed by atoms with Gasteiger partial charge in [-0.15, -0.1) is 6.58 Å². The molecule has 122 valence electrons. The van der Waals surface area contributed by atoms with Crippen LogP contribution in [0.3, 0.4) is 0 Å². The molecule has 0 saturated carbocycles. The second kappa shape index (κ2) is 9.56. The van der Waals surface area contributed by atoms with Crippen molar-refractivity contribution < 1.29 is 19.3 Å². The lowest BCUT2D eigenvalue weighted by molar-refractivity contribution is -0.247. The third-order valence-electron chi connectivity index (χ3n) is 3.46. The highest BCUT2D eigenvalue weighted by Crippen LogP contribution is 2.07. The van der Waals surface area contributed by atoms with Gasteiger partial charge in [-0.25, -0.2) is 4.79 Å². The Bertz CT molecular complexity index is 468. The van der Waals surface area contributed by atoms with Crippen LogP contribution >= 0.6 is 0 Å². The van der Waals surface area contributed by atoms with Gasteiger partial charge < -0.3 is 4.74 Å². The van der Waals surface area contributed by atoms with Crippen LogP contribution < -0.4 is 5.19 Å². The summed E-state index contributed by atoms with van der Waals surface area (Å²) in [6.45, 7) is 11.8. The van der Waals surface area contributed by atoms with E-state index in [9.17, 15) is 4.79 Å². The Kier molecular flexibility index (Phi) is 8.09. The molecule has 0 radical (unpaired) electrons. The highest BCUT2D eigenvalue weighted by molar-refractivity contribution is 6.93. The van der Waals surface area contributed by atoms with Crippen molar-refractivity contribution in [2.24, 2.45) is 0 Å². The van der Waals surface area contributed by atoms with Crippen LogP contribution in [0.5, 0.6) is 0 Å². The van der Waals surface area contributed by atoms with E-state index in [-0.39, 0.29) is 6.61 Å². The molecule has 0 amide bonds. The maximum absolute atomic E-state index is 11.8. The minimum atomic E-state index is -1.59. The van der Waals surface area contributed by atoms with E-state index in [2.05, 4.69) is 26.6 Å². The van der Waals surface area contributed by atoms with Gasteiger partial charge in [-0.05, 0) is 18.6 Å². The maximum Gasteiger partial charge on any atom is 0.373 e. The molecule has 0 aliphatic heterocycles. The van der Waals surface area contributed by atoms with E-state index in [1.54, 1.807) is 12.1 Å². The van der Waals surface area contributed by atoms with Gasteiger partial charge in [-0.2, -0.15) is 4.89 Å². The molecule has 0 fully saturated rings. The monoisotopic (exact) mass is 322 g/mol. The first-order valence-corrected chi connectivity index (χ1v) is 10.7. The van der Waals surface area contributed by atoms with Crippen LogP contribution in [0.2, 0.25) is 13.1 Å². The van der Waals surface area contributed by atoms with Crippen molar-refractivity contribution in [3.63, 3.8) is 0 Å². The zero-order chi connectivity index (χ0) is 16.4. The lowest BCUT2D eigenvalue weighted by Gasteiger charge is -2.17. The second-order valence-electron chi connectivity index (χ2n) is 5.66. The first-order chi connectivity index (χ1) is 10.5. The van der Waals surface area contributed by atoms with E-state index in [4.69, 9.17) is 14.5 Å². The maximum atomic E-state index is 11.8. The van der Waals surface area contributed by atoms with Gasteiger partial charge in [0.2, 0.25) is 0 Å². The van der Waals surface area contributed by atoms with Gasteiger partial charge in [0.1, 0.15) is 14.7 Å². The summed E-state index contributed by atoms with van der Waals surface area (Å²) in [6.07, 6.45) is 2.12. The van der Waals surface area contributed by atoms with E-state index >= 15 is 0 Å². The van der Waals surface area contributed by atoms with Crippen molar-refractivity contribution in [2.45, 2.75) is 32.9 Å². The summed E-state index contributed by atoms with van der Waals surface area (Å²) in [7, 11) is -1.59. The Hall–Kier alpha value is -1.43. The van der Waals surface area contributed by atoms with E-state index < -0.39 is 14.0 Å². The molecule has 1 rings (SSSR count). The van der Waals surface area contributed by atoms with Gasteiger partial charge in [-0.3, -0.25) is 4.89 Å². The Morgan fingerprint density at radius 2 is 1.86 bits per heavy atom. The Balaban J connectivity index is 2.35. The molecule has 0 aromatic heterocycles. The fourth-order valence-corrected chi connectivity index (χ4v) is 3.00. The molecular formula is C17H26O4Si. The molecule has 1 aromatic carbocycles. The lowest BCUT2D eigenvalue weighted by Crippen LogP contribution is -2.39. The van der Waals surface area contributed by atoms with Gasteiger partial charge in [0.15, 0.2) is 0 Å². The Labute approximate surface area is 134 Å². The quantitative estimate of drug-likeness (QED) is 0.287. The smallest absolute Gasteiger partial charge is 0.373 e. The third kappa shape index (κ3) is 6.13. The molecule has 22 heavy (non-hydrogen) atoms. The van der Waals surface area contributed by atoms with E-state index in [0.717, 1.165) is 12.8 Å². The Morgan fingerprint density at radius 1 is 1.18 bits per heavy atom. The van der Waals surface area contributed by atoms with Gasteiger partial charge >= 0.3 is 5.97 Å². The molecule has 4 nitrogen and oxygen atoms in total. The predicted octanol–water partition coefficient (Wildman–Crippen LogP) is 3.23. The predicted molar refractivity (Wildman–Crippen MR) is 90.8 cm³/mol. The third-order valence-corrected chi connectivity index (χ3v) is 6.30. The number of benzene rings is 1. The highest BCUT2D eigenvalue weighted by atomic mass is 28.3. The van der Waals surface area contributed by atoms with Crippen molar-refractivity contribution in [1.82, 2.24) is 0 Å². The van der Waals surface area contributed by atoms with Gasteiger partial charge in [-0.1, -0.05) is 49.5 Å². The molecule has 1 aromatic rings. The van der Waals surface area contributed by atoms with Crippen LogP contribution in [0.15, 0.2) is 36.5 Å². The number of hydrogen-bond donors (Lipinski definition) is 0. The SMILES string of the molecule is C=C[Si](C)(C)c1ccc(C(=O)OOCCOCCCC)cc1. The molecule has 0 aliphatic rings. The molecule has 0 unspecified atom stereocenters. The van der Waals surface area contributed by atoms with Crippen LogP contribution in [-0.2, 0) is 14.5 Å². The van der Waals surface area contributed by atoms with Gasteiger partial charge in [0, 0.05) is 6.61 Å². The van der Waals surface area contributed by atoms with Crippen molar-refractivity contribution in [3.8, 4) is 0 Å². The number of rotatable bonds is 10. The minimum Gasteiger partial charge on any atom is -0.379 e. The number of ether oxygens (including phenoxy) is 1. The summed E-state index contributed by atoms with van der Waals surface area (Å²) in [5.41, 5.74) is 2.49. The van der Waals surface area contributed by atoms with Crippen molar-refractivity contribution >= 4 is 19.2 Å². The molecule has 0 bridgehead atoms. The van der Waals surface area contributed by atoms with Crippen LogP contribution in [0.25, 0.3) is 0 Å². The molecule has 0 heterocycles. The normalized spacial score (nSPS) is 11.2. The van der Waals surface area contributed by atoms with E-state index in [1.807, 2.05) is 17.8 Å². The Morgan fingerprint density at radius 3 is 2.45 bits per heavy atom.